The Morgan fingerprint density at radius 3 is 2.55 bits per heavy atom. The van der Waals surface area contributed by atoms with Gasteiger partial charge in [-0.25, -0.2) is 13.4 Å². The zero-order valence-corrected chi connectivity index (χ0v) is 21.0. The third-order valence-electron chi connectivity index (χ3n) is 6.13. The van der Waals surface area contributed by atoms with E-state index in [1.165, 1.54) is 17.3 Å². The molecule has 1 aromatic heterocycles. The van der Waals surface area contributed by atoms with Gasteiger partial charge in [0.2, 0.25) is 5.91 Å². The number of hydrogen-bond acceptors (Lipinski definition) is 5. The van der Waals surface area contributed by atoms with Crippen LogP contribution in [0.4, 0.5) is 0 Å². The molecule has 0 unspecified atom stereocenters. The van der Waals surface area contributed by atoms with E-state index in [1.807, 2.05) is 43.5 Å². The molecule has 0 N–H and O–H groups in total. The molecule has 0 saturated carbocycles. The topological polar surface area (TPSA) is 72.3 Å². The Labute approximate surface area is 199 Å². The van der Waals surface area contributed by atoms with Crippen LogP contribution in [-0.2, 0) is 14.6 Å². The molecule has 6 nitrogen and oxygen atoms in total. The number of thioether (sulfide) groups is 1. The highest BCUT2D eigenvalue weighted by Crippen LogP contribution is 2.34. The molecule has 2 heterocycles. The minimum absolute atomic E-state index is 0.0436. The highest BCUT2D eigenvalue weighted by Gasteiger charge is 2.34. The number of imidazole rings is 1. The van der Waals surface area contributed by atoms with Gasteiger partial charge in [0.1, 0.15) is 0 Å². The number of amides is 1. The first-order valence-electron chi connectivity index (χ1n) is 11.0. The van der Waals surface area contributed by atoms with Crippen molar-refractivity contribution >= 4 is 27.5 Å². The van der Waals surface area contributed by atoms with Crippen LogP contribution in [0.3, 0.4) is 0 Å². The fourth-order valence-corrected chi connectivity index (χ4v) is 7.05. The average molecular weight is 484 g/mol. The quantitative estimate of drug-likeness (QED) is 0.489. The highest BCUT2D eigenvalue weighted by molar-refractivity contribution is 8.00. The van der Waals surface area contributed by atoms with Gasteiger partial charge in [0.05, 0.1) is 34.3 Å². The lowest BCUT2D eigenvalue weighted by atomic mass is 10.1. The average Bonchev–Trinajstić information content (AvgIpc) is 3.36. The van der Waals surface area contributed by atoms with Crippen molar-refractivity contribution in [2.45, 2.75) is 43.6 Å². The molecule has 1 amide bonds. The Bertz CT molecular complexity index is 1270. The second kappa shape index (κ2) is 9.35. The van der Waals surface area contributed by atoms with Crippen LogP contribution in [0.2, 0.25) is 0 Å². The number of nitrogens with zero attached hydrogens (tertiary/aromatic N) is 3. The van der Waals surface area contributed by atoms with Crippen LogP contribution in [0.5, 0.6) is 0 Å². The second-order valence-corrected chi connectivity index (χ2v) is 12.2. The zero-order chi connectivity index (χ0) is 23.8. The molecule has 3 aromatic rings. The fraction of sp³-hybridized carbons (Fsp3) is 0.360. The van der Waals surface area contributed by atoms with Crippen LogP contribution in [0.1, 0.15) is 24.5 Å². The van der Waals surface area contributed by atoms with Crippen molar-refractivity contribution in [1.82, 2.24) is 14.5 Å². The van der Waals surface area contributed by atoms with Crippen molar-refractivity contribution in [3.05, 3.63) is 65.9 Å². The third kappa shape index (κ3) is 5.01. The van der Waals surface area contributed by atoms with Gasteiger partial charge < -0.3 is 4.90 Å². The summed E-state index contributed by atoms with van der Waals surface area (Å²) in [7, 11) is -1.35. The second-order valence-electron chi connectivity index (χ2n) is 8.68. The van der Waals surface area contributed by atoms with E-state index in [4.69, 9.17) is 4.98 Å². The molecular weight excluding hydrogens is 454 g/mol. The number of benzene rings is 2. The molecule has 0 spiro atoms. The van der Waals surface area contributed by atoms with Crippen LogP contribution in [0.15, 0.2) is 59.9 Å². The number of carbonyl (C=O) groups is 1. The molecule has 2 atom stereocenters. The SMILES string of the molecule is Cc1ccc(-n2c(-c3ccccc3)cnc2S[C@H](C)C(=O)N(C)[C@H]2CCS(=O)(=O)C2)c(C)c1. The summed E-state index contributed by atoms with van der Waals surface area (Å²) in [4.78, 5) is 19.5. The van der Waals surface area contributed by atoms with Crippen LogP contribution in [-0.4, -0.2) is 58.6 Å². The number of aryl methyl sites for hydroxylation is 2. The number of hydrogen-bond donors (Lipinski definition) is 0. The first-order chi connectivity index (χ1) is 15.7. The molecule has 2 aromatic carbocycles. The van der Waals surface area contributed by atoms with Gasteiger partial charge in [0.25, 0.3) is 0 Å². The molecule has 0 radical (unpaired) electrons. The van der Waals surface area contributed by atoms with E-state index in [-0.39, 0.29) is 23.5 Å². The van der Waals surface area contributed by atoms with E-state index in [2.05, 4.69) is 36.6 Å². The number of aromatic nitrogens is 2. The van der Waals surface area contributed by atoms with E-state index < -0.39 is 15.1 Å². The molecule has 1 aliphatic heterocycles. The van der Waals surface area contributed by atoms with Crippen molar-refractivity contribution in [2.75, 3.05) is 18.6 Å². The first-order valence-corrected chi connectivity index (χ1v) is 13.7. The molecule has 1 fully saturated rings. The Morgan fingerprint density at radius 2 is 1.91 bits per heavy atom. The maximum Gasteiger partial charge on any atom is 0.235 e. The van der Waals surface area contributed by atoms with E-state index in [0.29, 0.717) is 6.42 Å². The molecule has 0 bridgehead atoms. The standard InChI is InChI=1S/C25H29N3O3S2/c1-17-10-11-22(18(2)14-17)28-23(20-8-6-5-7-9-20)15-26-25(28)32-19(3)24(29)27(4)21-12-13-33(30,31)16-21/h5-11,14-15,19,21H,12-13,16H2,1-4H3/t19-,21+/m1/s1. The van der Waals surface area contributed by atoms with Crippen LogP contribution >= 0.6 is 11.8 Å². The molecule has 174 valence electrons. The van der Waals surface area contributed by atoms with E-state index in [1.54, 1.807) is 11.9 Å². The Balaban J connectivity index is 1.66. The number of sulfone groups is 1. The maximum atomic E-state index is 13.2. The highest BCUT2D eigenvalue weighted by atomic mass is 32.2. The first kappa shape index (κ1) is 23.6. The lowest BCUT2D eigenvalue weighted by Gasteiger charge is -2.26. The van der Waals surface area contributed by atoms with E-state index >= 15 is 0 Å². The molecule has 0 aliphatic carbocycles. The molecule has 33 heavy (non-hydrogen) atoms. The monoisotopic (exact) mass is 483 g/mol. The number of rotatable bonds is 6. The van der Waals surface area contributed by atoms with Crippen molar-refractivity contribution in [2.24, 2.45) is 0 Å². The lowest BCUT2D eigenvalue weighted by molar-refractivity contribution is -0.130. The summed E-state index contributed by atoms with van der Waals surface area (Å²) in [5.41, 5.74) is 5.33. The predicted octanol–water partition coefficient (Wildman–Crippen LogP) is 4.28. The molecule has 1 saturated heterocycles. The van der Waals surface area contributed by atoms with Crippen molar-refractivity contribution in [3.63, 3.8) is 0 Å². The lowest BCUT2D eigenvalue weighted by Crippen LogP contribution is -2.41. The summed E-state index contributed by atoms with van der Waals surface area (Å²) >= 11 is 1.40. The largest absolute Gasteiger partial charge is 0.341 e. The maximum absolute atomic E-state index is 13.2. The van der Waals surface area contributed by atoms with Gasteiger partial charge in [-0.3, -0.25) is 9.36 Å². The van der Waals surface area contributed by atoms with Gasteiger partial charge in [-0.15, -0.1) is 0 Å². The van der Waals surface area contributed by atoms with Gasteiger partial charge in [-0.1, -0.05) is 59.8 Å². The Hall–Kier alpha value is -2.58. The van der Waals surface area contributed by atoms with Gasteiger partial charge in [-0.2, -0.15) is 0 Å². The minimum atomic E-state index is -3.05. The van der Waals surface area contributed by atoms with Crippen LogP contribution < -0.4 is 0 Å². The van der Waals surface area contributed by atoms with Gasteiger partial charge >= 0.3 is 0 Å². The Kier molecular flexibility index (Phi) is 6.68. The predicted molar refractivity (Wildman–Crippen MR) is 134 cm³/mol. The third-order valence-corrected chi connectivity index (χ3v) is 8.93. The smallest absolute Gasteiger partial charge is 0.235 e. The number of carbonyl (C=O) groups excluding carboxylic acids is 1. The van der Waals surface area contributed by atoms with E-state index in [0.717, 1.165) is 27.7 Å². The molecule has 1 aliphatic rings. The van der Waals surface area contributed by atoms with Crippen molar-refractivity contribution < 1.29 is 13.2 Å². The fourth-order valence-electron chi connectivity index (χ4n) is 4.28. The van der Waals surface area contributed by atoms with Gasteiger partial charge in [-0.05, 0) is 38.8 Å². The summed E-state index contributed by atoms with van der Waals surface area (Å²) < 4.78 is 25.8. The molecular formula is C25H29N3O3S2. The normalized spacial score (nSPS) is 18.2. The zero-order valence-electron chi connectivity index (χ0n) is 19.4. The molecule has 4 rings (SSSR count). The van der Waals surface area contributed by atoms with Crippen molar-refractivity contribution in [3.8, 4) is 16.9 Å². The van der Waals surface area contributed by atoms with Crippen LogP contribution in [0, 0.1) is 13.8 Å². The molecule has 8 heteroatoms. The Morgan fingerprint density at radius 1 is 1.18 bits per heavy atom. The van der Waals surface area contributed by atoms with Gasteiger partial charge in [0.15, 0.2) is 15.0 Å². The summed E-state index contributed by atoms with van der Waals surface area (Å²) in [5, 5.41) is 0.322. The van der Waals surface area contributed by atoms with E-state index in [9.17, 15) is 13.2 Å². The van der Waals surface area contributed by atoms with Crippen molar-refractivity contribution in [1.29, 1.82) is 0 Å². The summed E-state index contributed by atoms with van der Waals surface area (Å²) in [5.74, 6) is 0.106. The van der Waals surface area contributed by atoms with Crippen LogP contribution in [0.25, 0.3) is 16.9 Å². The summed E-state index contributed by atoms with van der Waals surface area (Å²) in [6.07, 6.45) is 2.35. The summed E-state index contributed by atoms with van der Waals surface area (Å²) in [6.45, 7) is 6.00. The summed E-state index contributed by atoms with van der Waals surface area (Å²) in [6, 6.07) is 16.1. The minimum Gasteiger partial charge on any atom is -0.341 e. The van der Waals surface area contributed by atoms with Gasteiger partial charge in [0, 0.05) is 18.7 Å².